The van der Waals surface area contributed by atoms with Crippen molar-refractivity contribution in [3.05, 3.63) is 0 Å². The highest BCUT2D eigenvalue weighted by Crippen LogP contribution is 2.28. The molecule has 0 aliphatic heterocycles. The monoisotopic (exact) mass is 201 g/mol. The number of hydrogen-bond acceptors (Lipinski definition) is 3. The highest BCUT2D eigenvalue weighted by Gasteiger charge is 2.20. The van der Waals surface area contributed by atoms with Gasteiger partial charge >= 0.3 is 0 Å². The molecule has 0 heterocycles. The summed E-state index contributed by atoms with van der Waals surface area (Å²) in [7, 11) is 1.73. The molecule has 0 spiro atoms. The van der Waals surface area contributed by atoms with Crippen molar-refractivity contribution in [2.24, 2.45) is 5.92 Å². The van der Waals surface area contributed by atoms with E-state index in [2.05, 4.69) is 12.2 Å². The number of rotatable bonds is 9. The van der Waals surface area contributed by atoms with Gasteiger partial charge in [0.1, 0.15) is 0 Å². The molecule has 84 valence electrons. The summed E-state index contributed by atoms with van der Waals surface area (Å²) in [5, 5.41) is 3.38. The number of hydrogen-bond donors (Lipinski definition) is 1. The van der Waals surface area contributed by atoms with E-state index in [-0.39, 0.29) is 0 Å². The molecule has 14 heavy (non-hydrogen) atoms. The molecule has 0 aromatic heterocycles. The summed E-state index contributed by atoms with van der Waals surface area (Å²) < 4.78 is 10.6. The van der Waals surface area contributed by atoms with Crippen molar-refractivity contribution in [2.45, 2.75) is 32.2 Å². The Kier molecular flexibility index (Phi) is 6.15. The van der Waals surface area contributed by atoms with E-state index >= 15 is 0 Å². The van der Waals surface area contributed by atoms with Crippen LogP contribution in [-0.4, -0.2) is 39.5 Å². The van der Waals surface area contributed by atoms with E-state index < -0.39 is 0 Å². The molecule has 0 saturated heterocycles. The lowest BCUT2D eigenvalue weighted by Crippen LogP contribution is -2.31. The molecule has 0 aromatic carbocycles. The molecule has 1 N–H and O–H groups in total. The first-order chi connectivity index (χ1) is 6.83. The average molecular weight is 201 g/mol. The van der Waals surface area contributed by atoms with Crippen molar-refractivity contribution in [3.8, 4) is 0 Å². The third-order valence-corrected chi connectivity index (χ3v) is 2.43. The highest BCUT2D eigenvalue weighted by atomic mass is 16.5. The third kappa shape index (κ3) is 6.35. The fourth-order valence-corrected chi connectivity index (χ4v) is 1.37. The Bertz CT molecular complexity index is 137. The minimum absolute atomic E-state index is 0.448. The SMILES string of the molecule is COCC(C)NCCCOCC1CC1. The molecular formula is C11H23NO2. The second-order valence-electron chi connectivity index (χ2n) is 4.18. The summed E-state index contributed by atoms with van der Waals surface area (Å²) >= 11 is 0. The minimum atomic E-state index is 0.448. The largest absolute Gasteiger partial charge is 0.383 e. The first-order valence-electron chi connectivity index (χ1n) is 5.63. The van der Waals surface area contributed by atoms with Crippen LogP contribution in [0.15, 0.2) is 0 Å². The molecule has 1 unspecified atom stereocenters. The number of methoxy groups -OCH3 is 1. The topological polar surface area (TPSA) is 30.5 Å². The van der Waals surface area contributed by atoms with Gasteiger partial charge in [0.2, 0.25) is 0 Å². The van der Waals surface area contributed by atoms with Crippen LogP contribution in [0.5, 0.6) is 0 Å². The van der Waals surface area contributed by atoms with E-state index in [1.165, 1.54) is 12.8 Å². The van der Waals surface area contributed by atoms with Crippen LogP contribution in [0, 0.1) is 5.92 Å². The lowest BCUT2D eigenvalue weighted by molar-refractivity contribution is 0.119. The van der Waals surface area contributed by atoms with Gasteiger partial charge in [-0.2, -0.15) is 0 Å². The van der Waals surface area contributed by atoms with Gasteiger partial charge in [0.05, 0.1) is 6.61 Å². The maximum absolute atomic E-state index is 5.53. The fourth-order valence-electron chi connectivity index (χ4n) is 1.37. The van der Waals surface area contributed by atoms with Crippen molar-refractivity contribution in [2.75, 3.05) is 33.5 Å². The summed E-state index contributed by atoms with van der Waals surface area (Å²) in [6, 6.07) is 0.448. The number of nitrogens with one attached hydrogen (secondary N) is 1. The predicted octanol–water partition coefficient (Wildman–Crippen LogP) is 1.43. The van der Waals surface area contributed by atoms with Gasteiger partial charge < -0.3 is 14.8 Å². The van der Waals surface area contributed by atoms with Gasteiger partial charge in [-0.3, -0.25) is 0 Å². The summed E-state index contributed by atoms with van der Waals surface area (Å²) in [6.45, 7) is 5.81. The first kappa shape index (κ1) is 12.0. The van der Waals surface area contributed by atoms with Crippen LogP contribution in [0.25, 0.3) is 0 Å². The molecule has 0 bridgehead atoms. The quantitative estimate of drug-likeness (QED) is 0.572. The second kappa shape index (κ2) is 7.21. The molecule has 1 fully saturated rings. The molecule has 1 aliphatic carbocycles. The highest BCUT2D eigenvalue weighted by molar-refractivity contribution is 4.71. The van der Waals surface area contributed by atoms with E-state index in [9.17, 15) is 0 Å². The molecule has 1 atom stereocenters. The normalized spacial score (nSPS) is 18.4. The zero-order chi connectivity index (χ0) is 10.2. The zero-order valence-corrected chi connectivity index (χ0v) is 9.42. The Morgan fingerprint density at radius 2 is 2.21 bits per heavy atom. The maximum Gasteiger partial charge on any atom is 0.0613 e. The Labute approximate surface area is 87.2 Å². The Morgan fingerprint density at radius 1 is 1.43 bits per heavy atom. The van der Waals surface area contributed by atoms with E-state index in [0.717, 1.165) is 38.7 Å². The fraction of sp³-hybridized carbons (Fsp3) is 1.00. The van der Waals surface area contributed by atoms with Gasteiger partial charge in [0, 0.05) is 26.4 Å². The lowest BCUT2D eigenvalue weighted by atomic mass is 10.3. The molecule has 0 amide bonds. The van der Waals surface area contributed by atoms with Crippen molar-refractivity contribution in [1.29, 1.82) is 0 Å². The van der Waals surface area contributed by atoms with Crippen molar-refractivity contribution >= 4 is 0 Å². The molecular weight excluding hydrogens is 178 g/mol. The third-order valence-electron chi connectivity index (χ3n) is 2.43. The zero-order valence-electron chi connectivity index (χ0n) is 9.42. The van der Waals surface area contributed by atoms with E-state index in [1.54, 1.807) is 7.11 Å². The Morgan fingerprint density at radius 3 is 2.86 bits per heavy atom. The predicted molar refractivity (Wildman–Crippen MR) is 57.5 cm³/mol. The molecule has 0 aromatic rings. The Hall–Kier alpha value is -0.120. The van der Waals surface area contributed by atoms with Gasteiger partial charge in [-0.1, -0.05) is 0 Å². The van der Waals surface area contributed by atoms with Crippen LogP contribution < -0.4 is 5.32 Å². The summed E-state index contributed by atoms with van der Waals surface area (Å²) in [5.41, 5.74) is 0. The van der Waals surface area contributed by atoms with Crippen LogP contribution in [0.3, 0.4) is 0 Å². The second-order valence-corrected chi connectivity index (χ2v) is 4.18. The van der Waals surface area contributed by atoms with Gasteiger partial charge in [-0.25, -0.2) is 0 Å². The molecule has 1 aliphatic rings. The smallest absolute Gasteiger partial charge is 0.0613 e. The maximum atomic E-state index is 5.53. The molecule has 3 heteroatoms. The first-order valence-corrected chi connectivity index (χ1v) is 5.63. The molecule has 0 radical (unpaired) electrons. The Balaban J connectivity index is 1.74. The standard InChI is InChI=1S/C11H23NO2/c1-10(8-13-2)12-6-3-7-14-9-11-4-5-11/h10-12H,3-9H2,1-2H3. The summed E-state index contributed by atoms with van der Waals surface area (Å²) in [4.78, 5) is 0. The van der Waals surface area contributed by atoms with E-state index in [0.29, 0.717) is 6.04 Å². The van der Waals surface area contributed by atoms with Gasteiger partial charge in [0.15, 0.2) is 0 Å². The van der Waals surface area contributed by atoms with Crippen LogP contribution in [-0.2, 0) is 9.47 Å². The van der Waals surface area contributed by atoms with Crippen molar-refractivity contribution in [1.82, 2.24) is 5.32 Å². The van der Waals surface area contributed by atoms with Crippen LogP contribution in [0.1, 0.15) is 26.2 Å². The number of ether oxygens (including phenoxy) is 2. The minimum Gasteiger partial charge on any atom is -0.383 e. The van der Waals surface area contributed by atoms with Crippen molar-refractivity contribution < 1.29 is 9.47 Å². The van der Waals surface area contributed by atoms with Crippen LogP contribution in [0.4, 0.5) is 0 Å². The van der Waals surface area contributed by atoms with E-state index in [4.69, 9.17) is 9.47 Å². The van der Waals surface area contributed by atoms with Gasteiger partial charge in [0.25, 0.3) is 0 Å². The van der Waals surface area contributed by atoms with Crippen LogP contribution in [0.2, 0.25) is 0 Å². The molecule has 3 nitrogen and oxygen atoms in total. The van der Waals surface area contributed by atoms with Gasteiger partial charge in [-0.15, -0.1) is 0 Å². The lowest BCUT2D eigenvalue weighted by Gasteiger charge is -2.12. The van der Waals surface area contributed by atoms with Crippen LogP contribution >= 0.6 is 0 Å². The van der Waals surface area contributed by atoms with Gasteiger partial charge in [-0.05, 0) is 38.6 Å². The molecule has 1 rings (SSSR count). The summed E-state index contributed by atoms with van der Waals surface area (Å²) in [5.74, 6) is 0.885. The van der Waals surface area contributed by atoms with E-state index in [1.807, 2.05) is 0 Å². The summed E-state index contributed by atoms with van der Waals surface area (Å²) in [6.07, 6.45) is 3.85. The average Bonchev–Trinajstić information content (AvgIpc) is 2.95. The van der Waals surface area contributed by atoms with Crippen molar-refractivity contribution in [3.63, 3.8) is 0 Å². The molecule has 1 saturated carbocycles.